The molecule has 2 aromatic heterocycles. The maximum atomic E-state index is 13.6. The SMILES string of the molecule is CCc1cc(OCc2nc(-c3ccc(SC)cc3)no2)nc(-c2cccc(F)c2)n1. The first-order chi connectivity index (χ1) is 14.6. The fraction of sp³-hybridized carbons (Fsp3) is 0.182. The number of halogens is 1. The van der Waals surface area contributed by atoms with E-state index in [-0.39, 0.29) is 12.4 Å². The van der Waals surface area contributed by atoms with Crippen molar-refractivity contribution in [2.45, 2.75) is 24.8 Å². The molecule has 8 heteroatoms. The Kier molecular flexibility index (Phi) is 6.04. The Morgan fingerprint density at radius 3 is 2.53 bits per heavy atom. The number of hydrogen-bond donors (Lipinski definition) is 0. The predicted octanol–water partition coefficient (Wildman–Crippen LogP) is 5.20. The lowest BCUT2D eigenvalue weighted by atomic mass is 10.2. The zero-order chi connectivity index (χ0) is 20.9. The summed E-state index contributed by atoms with van der Waals surface area (Å²) in [5, 5.41) is 4.02. The molecule has 4 rings (SSSR count). The molecule has 2 aromatic carbocycles. The largest absolute Gasteiger partial charge is 0.467 e. The molecule has 0 spiro atoms. The van der Waals surface area contributed by atoms with Crippen LogP contribution in [0.1, 0.15) is 18.5 Å². The van der Waals surface area contributed by atoms with E-state index >= 15 is 0 Å². The molecule has 0 aliphatic rings. The molecule has 30 heavy (non-hydrogen) atoms. The van der Waals surface area contributed by atoms with Crippen molar-refractivity contribution in [3.8, 4) is 28.7 Å². The first kappa shape index (κ1) is 20.0. The average molecular weight is 422 g/mol. The van der Waals surface area contributed by atoms with Gasteiger partial charge in [-0.1, -0.05) is 24.2 Å². The Morgan fingerprint density at radius 1 is 0.967 bits per heavy atom. The summed E-state index contributed by atoms with van der Waals surface area (Å²) in [7, 11) is 0. The summed E-state index contributed by atoms with van der Waals surface area (Å²) in [4.78, 5) is 14.4. The zero-order valence-electron chi connectivity index (χ0n) is 16.5. The molecule has 0 saturated carbocycles. The van der Waals surface area contributed by atoms with Gasteiger partial charge in [0.25, 0.3) is 5.89 Å². The van der Waals surface area contributed by atoms with Crippen LogP contribution >= 0.6 is 11.8 Å². The normalized spacial score (nSPS) is 10.9. The van der Waals surface area contributed by atoms with E-state index in [4.69, 9.17) is 9.26 Å². The van der Waals surface area contributed by atoms with Crippen LogP contribution in [0.15, 0.2) is 64.0 Å². The summed E-state index contributed by atoms with van der Waals surface area (Å²) >= 11 is 1.67. The Labute approximate surface area is 177 Å². The van der Waals surface area contributed by atoms with E-state index < -0.39 is 0 Å². The highest BCUT2D eigenvalue weighted by Gasteiger charge is 2.12. The second kappa shape index (κ2) is 9.04. The predicted molar refractivity (Wildman–Crippen MR) is 113 cm³/mol. The van der Waals surface area contributed by atoms with Crippen molar-refractivity contribution in [3.05, 3.63) is 72.0 Å². The minimum Gasteiger partial charge on any atom is -0.467 e. The number of ether oxygens (including phenoxy) is 1. The molecule has 0 radical (unpaired) electrons. The second-order valence-corrected chi connectivity index (χ2v) is 7.29. The molecule has 0 saturated heterocycles. The van der Waals surface area contributed by atoms with Crippen molar-refractivity contribution in [1.82, 2.24) is 20.1 Å². The first-order valence-electron chi connectivity index (χ1n) is 9.38. The van der Waals surface area contributed by atoms with Crippen molar-refractivity contribution in [1.29, 1.82) is 0 Å². The number of thioether (sulfide) groups is 1. The molecular weight excluding hydrogens is 403 g/mol. The van der Waals surface area contributed by atoms with E-state index in [2.05, 4.69) is 20.1 Å². The van der Waals surface area contributed by atoms with Crippen LogP contribution in [0, 0.1) is 5.82 Å². The molecule has 0 unspecified atom stereocenters. The van der Waals surface area contributed by atoms with Crippen molar-refractivity contribution < 1.29 is 13.7 Å². The van der Waals surface area contributed by atoms with Gasteiger partial charge in [0.2, 0.25) is 11.7 Å². The van der Waals surface area contributed by atoms with E-state index in [1.165, 1.54) is 12.1 Å². The third kappa shape index (κ3) is 4.65. The van der Waals surface area contributed by atoms with Crippen LogP contribution in [0.4, 0.5) is 4.39 Å². The average Bonchev–Trinajstić information content (AvgIpc) is 3.26. The van der Waals surface area contributed by atoms with Crippen LogP contribution in [-0.2, 0) is 13.0 Å². The number of rotatable bonds is 7. The van der Waals surface area contributed by atoms with Crippen molar-refractivity contribution in [2.24, 2.45) is 0 Å². The number of nitrogens with zero attached hydrogens (tertiary/aromatic N) is 4. The molecule has 0 aliphatic carbocycles. The van der Waals surface area contributed by atoms with Gasteiger partial charge in [-0.3, -0.25) is 0 Å². The lowest BCUT2D eigenvalue weighted by molar-refractivity contribution is 0.235. The molecule has 0 fully saturated rings. The monoisotopic (exact) mass is 422 g/mol. The molecule has 0 bridgehead atoms. The first-order valence-corrected chi connectivity index (χ1v) is 10.6. The van der Waals surface area contributed by atoms with Crippen molar-refractivity contribution in [2.75, 3.05) is 6.26 Å². The fourth-order valence-corrected chi connectivity index (χ4v) is 3.20. The van der Waals surface area contributed by atoms with E-state index in [1.54, 1.807) is 30.0 Å². The van der Waals surface area contributed by atoms with Gasteiger partial charge in [0.15, 0.2) is 12.4 Å². The van der Waals surface area contributed by atoms with Gasteiger partial charge in [0.1, 0.15) is 5.82 Å². The highest BCUT2D eigenvalue weighted by Crippen LogP contribution is 2.23. The Bertz CT molecular complexity index is 1150. The zero-order valence-corrected chi connectivity index (χ0v) is 17.3. The lowest BCUT2D eigenvalue weighted by Crippen LogP contribution is -2.02. The van der Waals surface area contributed by atoms with Crippen LogP contribution in [0.3, 0.4) is 0 Å². The van der Waals surface area contributed by atoms with Gasteiger partial charge in [-0.2, -0.15) is 9.97 Å². The van der Waals surface area contributed by atoms with Crippen LogP contribution in [0.25, 0.3) is 22.8 Å². The second-order valence-electron chi connectivity index (χ2n) is 6.41. The summed E-state index contributed by atoms with van der Waals surface area (Å²) in [6.07, 6.45) is 2.72. The summed E-state index contributed by atoms with van der Waals surface area (Å²) in [5.41, 5.74) is 2.25. The number of benzene rings is 2. The van der Waals surface area contributed by atoms with Crippen LogP contribution in [-0.4, -0.2) is 26.4 Å². The maximum absolute atomic E-state index is 13.6. The van der Waals surface area contributed by atoms with Gasteiger partial charge in [0.05, 0.1) is 0 Å². The molecule has 152 valence electrons. The quantitative estimate of drug-likeness (QED) is 0.379. The summed E-state index contributed by atoms with van der Waals surface area (Å²) < 4.78 is 24.6. The lowest BCUT2D eigenvalue weighted by Gasteiger charge is -2.08. The van der Waals surface area contributed by atoms with E-state index in [0.717, 1.165) is 16.2 Å². The third-order valence-electron chi connectivity index (χ3n) is 4.36. The molecule has 6 nitrogen and oxygen atoms in total. The van der Waals surface area contributed by atoms with Gasteiger partial charge >= 0.3 is 0 Å². The van der Waals surface area contributed by atoms with E-state index in [9.17, 15) is 4.39 Å². The standard InChI is InChI=1S/C22H19FN4O2S/c1-3-17-12-19(25-21(24-17)15-5-4-6-16(23)11-15)28-13-20-26-22(27-29-20)14-7-9-18(30-2)10-8-14/h4-12H,3,13H2,1-2H3. The van der Waals surface area contributed by atoms with Gasteiger partial charge in [-0.25, -0.2) is 9.37 Å². The van der Waals surface area contributed by atoms with Crippen LogP contribution in [0.2, 0.25) is 0 Å². The smallest absolute Gasteiger partial charge is 0.264 e. The van der Waals surface area contributed by atoms with E-state index in [1.807, 2.05) is 37.4 Å². The maximum Gasteiger partial charge on any atom is 0.264 e. The van der Waals surface area contributed by atoms with Gasteiger partial charge in [-0.05, 0) is 49.1 Å². The summed E-state index contributed by atoms with van der Waals surface area (Å²) in [6.45, 7) is 2.05. The van der Waals surface area contributed by atoms with Gasteiger partial charge in [-0.15, -0.1) is 11.8 Å². The minimum absolute atomic E-state index is 0.0681. The third-order valence-corrected chi connectivity index (χ3v) is 5.10. The molecule has 0 aliphatic heterocycles. The highest BCUT2D eigenvalue weighted by atomic mass is 32.2. The highest BCUT2D eigenvalue weighted by molar-refractivity contribution is 7.98. The molecule has 4 aromatic rings. The van der Waals surface area contributed by atoms with Crippen molar-refractivity contribution >= 4 is 11.8 Å². The van der Waals surface area contributed by atoms with Crippen LogP contribution in [0.5, 0.6) is 5.88 Å². The minimum atomic E-state index is -0.343. The summed E-state index contributed by atoms with van der Waals surface area (Å²) in [5.74, 6) is 1.26. The Balaban J connectivity index is 1.51. The molecular formula is C22H19FN4O2S. The summed E-state index contributed by atoms with van der Waals surface area (Å²) in [6, 6.07) is 15.8. The Hall–Kier alpha value is -3.26. The van der Waals surface area contributed by atoms with Crippen LogP contribution < -0.4 is 4.74 Å². The van der Waals surface area contributed by atoms with Gasteiger partial charge < -0.3 is 9.26 Å². The Morgan fingerprint density at radius 2 is 1.80 bits per heavy atom. The molecule has 0 amide bonds. The van der Waals surface area contributed by atoms with Crippen molar-refractivity contribution in [3.63, 3.8) is 0 Å². The van der Waals surface area contributed by atoms with Gasteiger partial charge in [0, 0.05) is 27.8 Å². The number of hydrogen-bond acceptors (Lipinski definition) is 7. The fourth-order valence-electron chi connectivity index (χ4n) is 2.79. The molecule has 2 heterocycles. The number of aromatic nitrogens is 4. The molecule has 0 atom stereocenters. The topological polar surface area (TPSA) is 73.9 Å². The molecule has 0 N–H and O–H groups in total. The number of aryl methyl sites for hydroxylation is 1. The van der Waals surface area contributed by atoms with E-state index in [0.29, 0.717) is 35.4 Å².